The van der Waals surface area contributed by atoms with Gasteiger partial charge in [0.05, 0.1) is 12.6 Å². The fourth-order valence-corrected chi connectivity index (χ4v) is 4.27. The average molecular weight is 379 g/mol. The first-order valence-electron chi connectivity index (χ1n) is 9.66. The maximum atomic E-state index is 13.0. The summed E-state index contributed by atoms with van der Waals surface area (Å²) >= 11 is 0. The minimum Gasteiger partial charge on any atom is -0.361 e. The van der Waals surface area contributed by atoms with E-state index < -0.39 is 5.60 Å². The molecule has 3 heterocycles. The Balaban J connectivity index is 1.54. The standard InChI is InChI=1S/C22H25N3O3/c1-16-7-6-11-23-20(16)21(27)24-12-10-18-22(2,15-24)28-14-19(26)25(18)13-17-8-4-3-5-9-17/h3-9,11,18H,10,12-15H2,1-2H3/t18-,22-/m1/s1. The number of aromatic nitrogens is 1. The number of rotatable bonds is 3. The zero-order chi connectivity index (χ0) is 19.7. The molecular formula is C22H25N3O3. The first kappa shape index (κ1) is 18.6. The number of benzene rings is 1. The summed E-state index contributed by atoms with van der Waals surface area (Å²) in [5, 5.41) is 0. The number of hydrogen-bond donors (Lipinski definition) is 0. The zero-order valence-corrected chi connectivity index (χ0v) is 16.3. The molecule has 0 radical (unpaired) electrons. The van der Waals surface area contributed by atoms with Crippen LogP contribution in [0.15, 0.2) is 48.7 Å². The summed E-state index contributed by atoms with van der Waals surface area (Å²) in [6, 6.07) is 13.7. The molecule has 0 saturated carbocycles. The number of nitrogens with zero attached hydrogens (tertiary/aromatic N) is 3. The summed E-state index contributed by atoms with van der Waals surface area (Å²) in [6.45, 7) is 5.54. The van der Waals surface area contributed by atoms with E-state index in [4.69, 9.17) is 4.74 Å². The van der Waals surface area contributed by atoms with Crippen molar-refractivity contribution in [3.8, 4) is 0 Å². The van der Waals surface area contributed by atoms with Gasteiger partial charge in [-0.25, -0.2) is 0 Å². The summed E-state index contributed by atoms with van der Waals surface area (Å²) in [6.07, 6.45) is 2.33. The van der Waals surface area contributed by atoms with Crippen molar-refractivity contribution < 1.29 is 14.3 Å². The monoisotopic (exact) mass is 379 g/mol. The van der Waals surface area contributed by atoms with Crippen LogP contribution in [0.1, 0.15) is 35.0 Å². The third kappa shape index (κ3) is 3.40. The number of pyridine rings is 1. The van der Waals surface area contributed by atoms with E-state index >= 15 is 0 Å². The normalized spacial score (nSPS) is 24.8. The lowest BCUT2D eigenvalue weighted by Gasteiger charge is -2.52. The molecule has 146 valence electrons. The Bertz CT molecular complexity index is 886. The molecule has 2 aliphatic rings. The Morgan fingerprint density at radius 1 is 1.25 bits per heavy atom. The largest absolute Gasteiger partial charge is 0.361 e. The Morgan fingerprint density at radius 2 is 2.04 bits per heavy atom. The van der Waals surface area contributed by atoms with Gasteiger partial charge in [0.25, 0.3) is 5.91 Å². The Morgan fingerprint density at radius 3 is 2.79 bits per heavy atom. The van der Waals surface area contributed by atoms with Crippen molar-refractivity contribution in [2.75, 3.05) is 19.7 Å². The van der Waals surface area contributed by atoms with Gasteiger partial charge in [-0.3, -0.25) is 14.6 Å². The molecule has 6 heteroatoms. The third-order valence-corrected chi connectivity index (χ3v) is 5.80. The molecule has 6 nitrogen and oxygen atoms in total. The summed E-state index contributed by atoms with van der Waals surface area (Å²) in [7, 11) is 0. The number of hydrogen-bond acceptors (Lipinski definition) is 4. The highest BCUT2D eigenvalue weighted by Gasteiger charge is 2.49. The summed E-state index contributed by atoms with van der Waals surface area (Å²) in [4.78, 5) is 33.6. The van der Waals surface area contributed by atoms with Gasteiger partial charge in [0, 0.05) is 19.3 Å². The highest BCUT2D eigenvalue weighted by atomic mass is 16.5. The van der Waals surface area contributed by atoms with Crippen LogP contribution < -0.4 is 0 Å². The molecule has 0 spiro atoms. The van der Waals surface area contributed by atoms with Crippen molar-refractivity contribution in [2.45, 2.75) is 38.5 Å². The molecule has 0 unspecified atom stereocenters. The van der Waals surface area contributed by atoms with Crippen LogP contribution in [0.4, 0.5) is 0 Å². The molecule has 2 atom stereocenters. The second-order valence-corrected chi connectivity index (χ2v) is 7.81. The van der Waals surface area contributed by atoms with Gasteiger partial charge in [-0.2, -0.15) is 0 Å². The summed E-state index contributed by atoms with van der Waals surface area (Å²) in [5.74, 6) is -0.0699. The number of piperidine rings is 1. The van der Waals surface area contributed by atoms with Crippen LogP contribution >= 0.6 is 0 Å². The van der Waals surface area contributed by atoms with Gasteiger partial charge < -0.3 is 14.5 Å². The van der Waals surface area contributed by atoms with Crippen molar-refractivity contribution in [1.82, 2.24) is 14.8 Å². The maximum Gasteiger partial charge on any atom is 0.272 e. The second kappa shape index (κ2) is 7.36. The van der Waals surface area contributed by atoms with Crippen molar-refractivity contribution in [1.29, 1.82) is 0 Å². The molecule has 4 rings (SSSR count). The molecule has 2 aromatic rings. The number of likely N-dealkylation sites (tertiary alicyclic amines) is 1. The highest BCUT2D eigenvalue weighted by Crippen LogP contribution is 2.34. The molecule has 2 amide bonds. The van der Waals surface area contributed by atoms with Crippen LogP contribution in [0.3, 0.4) is 0 Å². The molecule has 2 saturated heterocycles. The predicted molar refractivity (Wildman–Crippen MR) is 105 cm³/mol. The summed E-state index contributed by atoms with van der Waals surface area (Å²) < 4.78 is 5.99. The zero-order valence-electron chi connectivity index (χ0n) is 16.3. The fraction of sp³-hybridized carbons (Fsp3) is 0.409. The smallest absolute Gasteiger partial charge is 0.272 e. The maximum absolute atomic E-state index is 13.0. The Labute approximate surface area is 165 Å². The average Bonchev–Trinajstić information content (AvgIpc) is 2.71. The van der Waals surface area contributed by atoms with Gasteiger partial charge in [-0.1, -0.05) is 36.4 Å². The lowest BCUT2D eigenvalue weighted by atomic mass is 9.85. The van der Waals surface area contributed by atoms with Crippen LogP contribution in [0.5, 0.6) is 0 Å². The van der Waals surface area contributed by atoms with Gasteiger partial charge in [-0.05, 0) is 37.5 Å². The number of fused-ring (bicyclic) bond motifs is 1. The van der Waals surface area contributed by atoms with Crippen LogP contribution in [0, 0.1) is 6.92 Å². The van der Waals surface area contributed by atoms with E-state index in [1.54, 1.807) is 6.20 Å². The number of ether oxygens (including phenoxy) is 1. The van der Waals surface area contributed by atoms with Gasteiger partial charge >= 0.3 is 0 Å². The van der Waals surface area contributed by atoms with E-state index in [-0.39, 0.29) is 24.5 Å². The first-order chi connectivity index (χ1) is 13.5. The van der Waals surface area contributed by atoms with E-state index in [2.05, 4.69) is 4.98 Å². The van der Waals surface area contributed by atoms with Crippen LogP contribution in [0.25, 0.3) is 0 Å². The first-order valence-corrected chi connectivity index (χ1v) is 9.66. The van der Waals surface area contributed by atoms with Crippen LogP contribution in [-0.2, 0) is 16.1 Å². The van der Waals surface area contributed by atoms with Crippen LogP contribution in [0.2, 0.25) is 0 Å². The van der Waals surface area contributed by atoms with Crippen molar-refractivity contribution in [3.63, 3.8) is 0 Å². The second-order valence-electron chi connectivity index (χ2n) is 7.81. The van der Waals surface area contributed by atoms with Gasteiger partial charge in [0.1, 0.15) is 17.9 Å². The van der Waals surface area contributed by atoms with Gasteiger partial charge in [-0.15, -0.1) is 0 Å². The predicted octanol–water partition coefficient (Wildman–Crippen LogP) is 2.42. The number of amides is 2. The fourth-order valence-electron chi connectivity index (χ4n) is 4.27. The molecular weight excluding hydrogens is 354 g/mol. The number of carbonyl (C=O) groups is 2. The minimum atomic E-state index is -0.584. The third-order valence-electron chi connectivity index (χ3n) is 5.80. The van der Waals surface area contributed by atoms with E-state index in [0.717, 1.165) is 11.1 Å². The lowest BCUT2D eigenvalue weighted by Crippen LogP contribution is -2.67. The van der Waals surface area contributed by atoms with Gasteiger partial charge in [0.2, 0.25) is 5.91 Å². The lowest BCUT2D eigenvalue weighted by molar-refractivity contribution is -0.186. The van der Waals surface area contributed by atoms with Gasteiger partial charge in [0.15, 0.2) is 0 Å². The summed E-state index contributed by atoms with van der Waals surface area (Å²) in [5.41, 5.74) is 1.87. The SMILES string of the molecule is Cc1cccnc1C(=O)N1CC[C@H]2N(Cc3ccccc3)C(=O)CO[C@]2(C)C1. The quantitative estimate of drug-likeness (QED) is 0.822. The molecule has 1 aromatic carbocycles. The number of carbonyl (C=O) groups excluding carboxylic acids is 2. The number of aryl methyl sites for hydroxylation is 1. The van der Waals surface area contributed by atoms with E-state index in [0.29, 0.717) is 31.7 Å². The molecule has 28 heavy (non-hydrogen) atoms. The number of morpholine rings is 1. The van der Waals surface area contributed by atoms with E-state index in [9.17, 15) is 9.59 Å². The van der Waals surface area contributed by atoms with Crippen molar-refractivity contribution in [2.24, 2.45) is 0 Å². The minimum absolute atomic E-state index is 0.00618. The van der Waals surface area contributed by atoms with E-state index in [1.165, 1.54) is 0 Å². The van der Waals surface area contributed by atoms with E-state index in [1.807, 2.05) is 66.1 Å². The molecule has 2 aliphatic heterocycles. The van der Waals surface area contributed by atoms with Crippen LogP contribution in [-0.4, -0.2) is 57.9 Å². The molecule has 0 aliphatic carbocycles. The van der Waals surface area contributed by atoms with Crippen molar-refractivity contribution >= 4 is 11.8 Å². The molecule has 0 bridgehead atoms. The molecule has 1 aromatic heterocycles. The molecule has 2 fully saturated rings. The molecule has 0 N–H and O–H groups in total. The Hall–Kier alpha value is -2.73. The topological polar surface area (TPSA) is 62.7 Å². The van der Waals surface area contributed by atoms with Crippen molar-refractivity contribution in [3.05, 3.63) is 65.5 Å². The highest BCUT2D eigenvalue weighted by molar-refractivity contribution is 5.93. The Kier molecular flexibility index (Phi) is 4.89.